The van der Waals surface area contributed by atoms with Crippen molar-refractivity contribution in [3.8, 4) is 0 Å². The van der Waals surface area contributed by atoms with E-state index in [-0.39, 0.29) is 0 Å². The third-order valence-corrected chi connectivity index (χ3v) is 2.93. The number of halogens is 3. The molecule has 2 rings (SSSR count). The highest BCUT2D eigenvalue weighted by molar-refractivity contribution is 6.00. The van der Waals surface area contributed by atoms with Crippen molar-refractivity contribution in [2.24, 2.45) is 0 Å². The van der Waals surface area contributed by atoms with Gasteiger partial charge in [0.2, 0.25) is 5.91 Å². The Bertz CT molecular complexity index is 752. The second kappa shape index (κ2) is 8.86. The molecule has 26 heavy (non-hydrogen) atoms. The molecule has 0 heterocycles. The second-order valence-electron chi connectivity index (χ2n) is 5.18. The molecule has 0 radical (unpaired) electrons. The molecule has 2 aromatic carbocycles. The highest BCUT2D eigenvalue weighted by atomic mass is 19.4. The van der Waals surface area contributed by atoms with Gasteiger partial charge in [0, 0.05) is 17.1 Å². The lowest BCUT2D eigenvalue weighted by Crippen LogP contribution is -2.24. The maximum absolute atomic E-state index is 12.0. The summed E-state index contributed by atoms with van der Waals surface area (Å²) in [4.78, 5) is 23.5. The van der Waals surface area contributed by atoms with Crippen LogP contribution in [0.15, 0.2) is 54.6 Å². The molecule has 3 N–H and O–H groups in total. The summed E-state index contributed by atoms with van der Waals surface area (Å²) in [6, 6.07) is 14.5. The smallest absolute Gasteiger partial charge is 0.362 e. The minimum absolute atomic E-state index is 0.308. The molecule has 0 aliphatic carbocycles. The second-order valence-corrected chi connectivity index (χ2v) is 5.18. The number of para-hydroxylation sites is 1. The van der Waals surface area contributed by atoms with Crippen LogP contribution in [0.5, 0.6) is 0 Å². The third-order valence-electron chi connectivity index (χ3n) is 2.93. The zero-order valence-corrected chi connectivity index (χ0v) is 13.5. The Balaban J connectivity index is 1.85. The Morgan fingerprint density at radius 3 is 2.08 bits per heavy atom. The molecule has 0 bridgehead atoms. The number of ether oxygens (including phenoxy) is 1. The predicted molar refractivity (Wildman–Crippen MR) is 91.0 cm³/mol. The lowest BCUT2D eigenvalue weighted by Gasteiger charge is -2.10. The number of alkyl halides is 3. The van der Waals surface area contributed by atoms with Crippen molar-refractivity contribution in [3.05, 3.63) is 54.6 Å². The maximum atomic E-state index is 12.0. The van der Waals surface area contributed by atoms with Crippen molar-refractivity contribution in [2.45, 2.75) is 6.18 Å². The normalized spacial score (nSPS) is 10.9. The Hall–Kier alpha value is -3.07. The molecule has 3 amide bonds. The fourth-order valence-corrected chi connectivity index (χ4v) is 1.95. The van der Waals surface area contributed by atoms with Crippen molar-refractivity contribution in [3.63, 3.8) is 0 Å². The van der Waals surface area contributed by atoms with Gasteiger partial charge in [-0.05, 0) is 30.3 Å². The average Bonchev–Trinajstić information content (AvgIpc) is 2.54. The predicted octanol–water partition coefficient (Wildman–Crippen LogP) is 3.85. The summed E-state index contributed by atoms with van der Waals surface area (Å²) in [5, 5.41) is 7.60. The van der Waals surface area contributed by atoms with E-state index in [0.717, 1.165) is 0 Å². The van der Waals surface area contributed by atoms with E-state index in [1.54, 1.807) is 36.4 Å². The van der Waals surface area contributed by atoms with Gasteiger partial charge in [-0.3, -0.25) is 4.79 Å². The molecule has 0 spiro atoms. The first kappa shape index (κ1) is 19.3. The molecule has 138 valence electrons. The van der Waals surface area contributed by atoms with Gasteiger partial charge in [-0.25, -0.2) is 4.79 Å². The summed E-state index contributed by atoms with van der Waals surface area (Å²) in [5.74, 6) is -0.736. The summed E-state index contributed by atoms with van der Waals surface area (Å²) in [6.07, 6.45) is -4.49. The van der Waals surface area contributed by atoms with E-state index in [9.17, 15) is 22.8 Å². The number of rotatable bonds is 6. The van der Waals surface area contributed by atoms with Crippen LogP contribution in [0.4, 0.5) is 35.0 Å². The van der Waals surface area contributed by atoms with Crippen LogP contribution in [0.25, 0.3) is 0 Å². The first-order valence-electron chi connectivity index (χ1n) is 7.49. The number of urea groups is 1. The molecule has 0 aromatic heterocycles. The fourth-order valence-electron chi connectivity index (χ4n) is 1.95. The molecule has 2 aromatic rings. The number of nitrogens with one attached hydrogen (secondary N) is 3. The van der Waals surface area contributed by atoms with Crippen LogP contribution in [0, 0.1) is 0 Å². The van der Waals surface area contributed by atoms with Crippen molar-refractivity contribution in [1.29, 1.82) is 0 Å². The molecule has 6 nitrogen and oxygen atoms in total. The molecule has 0 atom stereocenters. The van der Waals surface area contributed by atoms with Gasteiger partial charge in [-0.1, -0.05) is 24.3 Å². The number of carbonyl (C=O) groups excluding carboxylic acids is 2. The largest absolute Gasteiger partial charge is 0.411 e. The molecular formula is C17H16F3N3O3. The number of hydrogen-bond acceptors (Lipinski definition) is 3. The zero-order valence-electron chi connectivity index (χ0n) is 13.5. The van der Waals surface area contributed by atoms with Gasteiger partial charge in [0.15, 0.2) is 0 Å². The minimum Gasteiger partial charge on any atom is -0.362 e. The number of hydrogen-bond donors (Lipinski definition) is 3. The minimum atomic E-state index is -4.49. The lowest BCUT2D eigenvalue weighted by molar-refractivity contribution is -0.174. The van der Waals surface area contributed by atoms with Gasteiger partial charge in [0.1, 0.15) is 13.2 Å². The summed E-state index contributed by atoms with van der Waals surface area (Å²) in [7, 11) is 0. The van der Waals surface area contributed by atoms with Gasteiger partial charge >= 0.3 is 12.2 Å². The van der Waals surface area contributed by atoms with E-state index < -0.39 is 31.3 Å². The van der Waals surface area contributed by atoms with Crippen LogP contribution >= 0.6 is 0 Å². The van der Waals surface area contributed by atoms with Crippen molar-refractivity contribution >= 4 is 29.0 Å². The van der Waals surface area contributed by atoms with Crippen LogP contribution in [-0.4, -0.2) is 31.3 Å². The van der Waals surface area contributed by atoms with Gasteiger partial charge in [0.05, 0.1) is 0 Å². The van der Waals surface area contributed by atoms with Crippen LogP contribution < -0.4 is 16.0 Å². The zero-order chi connectivity index (χ0) is 19.0. The highest BCUT2D eigenvalue weighted by Crippen LogP contribution is 2.17. The monoisotopic (exact) mass is 367 g/mol. The quantitative estimate of drug-likeness (QED) is 0.726. The van der Waals surface area contributed by atoms with E-state index in [1.165, 1.54) is 12.1 Å². The number of benzene rings is 2. The SMILES string of the molecule is O=C(COCC(F)(F)F)Nc1cccc(NC(=O)Nc2ccccc2)c1. The van der Waals surface area contributed by atoms with Gasteiger partial charge < -0.3 is 20.7 Å². The summed E-state index contributed by atoms with van der Waals surface area (Å²) < 4.78 is 40.2. The van der Waals surface area contributed by atoms with E-state index in [0.29, 0.717) is 17.1 Å². The van der Waals surface area contributed by atoms with Crippen molar-refractivity contribution in [1.82, 2.24) is 0 Å². The Kier molecular flexibility index (Phi) is 6.56. The topological polar surface area (TPSA) is 79.5 Å². The van der Waals surface area contributed by atoms with Gasteiger partial charge in [0.25, 0.3) is 0 Å². The first-order valence-corrected chi connectivity index (χ1v) is 7.49. The highest BCUT2D eigenvalue weighted by Gasteiger charge is 2.27. The molecule has 0 fully saturated rings. The molecular weight excluding hydrogens is 351 g/mol. The molecule has 0 saturated heterocycles. The van der Waals surface area contributed by atoms with E-state index in [2.05, 4.69) is 20.7 Å². The standard InChI is InChI=1S/C17H16F3N3O3/c18-17(19,20)11-26-10-15(24)21-13-7-4-8-14(9-13)23-16(25)22-12-5-2-1-3-6-12/h1-9H,10-11H2,(H,21,24)(H2,22,23,25). The third kappa shape index (κ3) is 7.22. The Morgan fingerprint density at radius 1 is 0.846 bits per heavy atom. The van der Waals surface area contributed by atoms with Gasteiger partial charge in [-0.15, -0.1) is 0 Å². The van der Waals surface area contributed by atoms with Crippen LogP contribution in [-0.2, 0) is 9.53 Å². The van der Waals surface area contributed by atoms with Crippen molar-refractivity contribution < 1.29 is 27.5 Å². The number of carbonyl (C=O) groups is 2. The average molecular weight is 367 g/mol. The molecule has 0 aliphatic rings. The maximum Gasteiger partial charge on any atom is 0.411 e. The Labute approximate surface area is 147 Å². The van der Waals surface area contributed by atoms with Crippen LogP contribution in [0.2, 0.25) is 0 Å². The first-order chi connectivity index (χ1) is 12.3. The summed E-state index contributed by atoms with van der Waals surface area (Å²) in [5.41, 5.74) is 1.31. The van der Waals surface area contributed by atoms with E-state index >= 15 is 0 Å². The summed E-state index contributed by atoms with van der Waals surface area (Å²) in [6.45, 7) is -2.23. The molecule has 9 heteroatoms. The summed E-state index contributed by atoms with van der Waals surface area (Å²) >= 11 is 0. The Morgan fingerprint density at radius 2 is 1.42 bits per heavy atom. The van der Waals surface area contributed by atoms with Crippen LogP contribution in [0.3, 0.4) is 0 Å². The van der Waals surface area contributed by atoms with Gasteiger partial charge in [-0.2, -0.15) is 13.2 Å². The van der Waals surface area contributed by atoms with Crippen LogP contribution in [0.1, 0.15) is 0 Å². The van der Waals surface area contributed by atoms with E-state index in [1.807, 2.05) is 6.07 Å². The van der Waals surface area contributed by atoms with Crippen molar-refractivity contribution in [2.75, 3.05) is 29.2 Å². The molecule has 0 unspecified atom stereocenters. The van der Waals surface area contributed by atoms with E-state index in [4.69, 9.17) is 0 Å². The number of amides is 3. The lowest BCUT2D eigenvalue weighted by atomic mass is 10.2. The molecule has 0 aliphatic heterocycles. The fraction of sp³-hybridized carbons (Fsp3) is 0.176. The number of anilines is 3. The molecule has 0 saturated carbocycles.